The highest BCUT2D eigenvalue weighted by Crippen LogP contribution is 2.28. The highest BCUT2D eigenvalue weighted by Gasteiger charge is 2.30. The van der Waals surface area contributed by atoms with Gasteiger partial charge in [0.15, 0.2) is 0 Å². The third-order valence-electron chi connectivity index (χ3n) is 6.02. The fraction of sp³-hybridized carbons (Fsp3) is 0.259. The summed E-state index contributed by atoms with van der Waals surface area (Å²) in [6.45, 7) is 2.92. The van der Waals surface area contributed by atoms with E-state index in [2.05, 4.69) is 20.9 Å². The van der Waals surface area contributed by atoms with Crippen LogP contribution in [0.15, 0.2) is 76.2 Å². The van der Waals surface area contributed by atoms with Gasteiger partial charge in [-0.25, -0.2) is 4.39 Å². The number of hydrogen-bond acceptors (Lipinski definition) is 3. The van der Waals surface area contributed by atoms with E-state index in [1.165, 1.54) is 6.07 Å². The fourth-order valence-corrected chi connectivity index (χ4v) is 4.64. The second-order valence-electron chi connectivity index (χ2n) is 8.05. The number of halogens is 2. The molecule has 1 atom stereocenters. The van der Waals surface area contributed by atoms with E-state index in [1.807, 2.05) is 61.5 Å². The minimum atomic E-state index is -0.308. The molecule has 0 aromatic heterocycles. The van der Waals surface area contributed by atoms with Gasteiger partial charge in [-0.2, -0.15) is 0 Å². The zero-order chi connectivity index (χ0) is 23.4. The number of rotatable bonds is 7. The SMILES string of the molecule is COc1ccc(Br)cc1CCc1c(F)cccc1C1=NCCN1C(=O)C(C)c1ccccc1. The largest absolute Gasteiger partial charge is 0.496 e. The van der Waals surface area contributed by atoms with E-state index in [0.29, 0.717) is 42.9 Å². The molecule has 3 aromatic carbocycles. The molecule has 0 saturated heterocycles. The summed E-state index contributed by atoms with van der Waals surface area (Å²) in [5, 5.41) is 0. The van der Waals surface area contributed by atoms with Crippen molar-refractivity contribution in [2.75, 3.05) is 20.2 Å². The van der Waals surface area contributed by atoms with Gasteiger partial charge in [-0.05, 0) is 60.7 Å². The molecule has 0 spiro atoms. The first kappa shape index (κ1) is 23.2. The lowest BCUT2D eigenvalue weighted by molar-refractivity contribution is -0.128. The molecule has 1 unspecified atom stereocenters. The van der Waals surface area contributed by atoms with Crippen LogP contribution in [0.3, 0.4) is 0 Å². The number of ether oxygens (including phenoxy) is 1. The first-order chi connectivity index (χ1) is 16.0. The van der Waals surface area contributed by atoms with Crippen molar-refractivity contribution in [1.82, 2.24) is 4.90 Å². The van der Waals surface area contributed by atoms with Crippen LogP contribution >= 0.6 is 15.9 Å². The van der Waals surface area contributed by atoms with Crippen LogP contribution in [0, 0.1) is 5.82 Å². The lowest BCUT2D eigenvalue weighted by Crippen LogP contribution is -2.38. The van der Waals surface area contributed by atoms with Crippen molar-refractivity contribution in [2.45, 2.75) is 25.7 Å². The van der Waals surface area contributed by atoms with Gasteiger partial charge in [0.1, 0.15) is 17.4 Å². The summed E-state index contributed by atoms with van der Waals surface area (Å²) in [6, 6.07) is 20.5. The fourth-order valence-electron chi connectivity index (χ4n) is 4.23. The number of methoxy groups -OCH3 is 1. The molecule has 4 nitrogen and oxygen atoms in total. The van der Waals surface area contributed by atoms with Gasteiger partial charge in [-0.3, -0.25) is 14.7 Å². The normalized spacial score (nSPS) is 14.2. The van der Waals surface area contributed by atoms with Crippen LogP contribution < -0.4 is 4.74 Å². The summed E-state index contributed by atoms with van der Waals surface area (Å²) < 4.78 is 21.4. The van der Waals surface area contributed by atoms with Gasteiger partial charge < -0.3 is 4.74 Å². The van der Waals surface area contributed by atoms with Crippen LogP contribution in [0.5, 0.6) is 5.75 Å². The Bertz CT molecular complexity index is 1180. The van der Waals surface area contributed by atoms with E-state index in [1.54, 1.807) is 18.1 Å². The lowest BCUT2D eigenvalue weighted by atomic mass is 9.96. The highest BCUT2D eigenvalue weighted by atomic mass is 79.9. The monoisotopic (exact) mass is 508 g/mol. The molecule has 4 rings (SSSR count). The van der Waals surface area contributed by atoms with Crippen molar-refractivity contribution in [2.24, 2.45) is 4.99 Å². The zero-order valence-corrected chi connectivity index (χ0v) is 20.3. The van der Waals surface area contributed by atoms with Gasteiger partial charge in [0.25, 0.3) is 0 Å². The van der Waals surface area contributed by atoms with E-state index in [4.69, 9.17) is 4.74 Å². The zero-order valence-electron chi connectivity index (χ0n) is 18.7. The smallest absolute Gasteiger partial charge is 0.235 e. The first-order valence-electron chi connectivity index (χ1n) is 11.0. The summed E-state index contributed by atoms with van der Waals surface area (Å²) in [7, 11) is 1.63. The molecule has 3 aromatic rings. The summed E-state index contributed by atoms with van der Waals surface area (Å²) in [5.74, 6) is 0.694. The third-order valence-corrected chi connectivity index (χ3v) is 6.52. The molecule has 0 aliphatic carbocycles. The third kappa shape index (κ3) is 5.01. The Morgan fingerprint density at radius 1 is 1.12 bits per heavy atom. The molecule has 0 saturated carbocycles. The topological polar surface area (TPSA) is 41.9 Å². The summed E-state index contributed by atoms with van der Waals surface area (Å²) in [6.07, 6.45) is 1.06. The van der Waals surface area contributed by atoms with Crippen LogP contribution in [0.25, 0.3) is 0 Å². The number of carbonyl (C=O) groups is 1. The molecule has 6 heteroatoms. The number of nitrogens with zero attached hydrogens (tertiary/aromatic N) is 2. The van der Waals surface area contributed by atoms with Gasteiger partial charge in [0.05, 0.1) is 19.6 Å². The second-order valence-corrected chi connectivity index (χ2v) is 8.97. The van der Waals surface area contributed by atoms with Crippen molar-refractivity contribution < 1.29 is 13.9 Å². The van der Waals surface area contributed by atoms with Crippen molar-refractivity contribution >= 4 is 27.7 Å². The summed E-state index contributed by atoms with van der Waals surface area (Å²) >= 11 is 3.50. The molecule has 0 fully saturated rings. The van der Waals surface area contributed by atoms with Crippen molar-refractivity contribution in [3.05, 3.63) is 99.3 Å². The molecular formula is C27H26BrFN2O2. The quantitative estimate of drug-likeness (QED) is 0.406. The Kier molecular flexibility index (Phi) is 7.23. The highest BCUT2D eigenvalue weighted by molar-refractivity contribution is 9.10. The van der Waals surface area contributed by atoms with Gasteiger partial charge in [-0.15, -0.1) is 0 Å². The van der Waals surface area contributed by atoms with E-state index in [9.17, 15) is 4.79 Å². The molecule has 1 aliphatic heterocycles. The summed E-state index contributed by atoms with van der Waals surface area (Å²) in [4.78, 5) is 19.7. The maximum absolute atomic E-state index is 15.0. The van der Waals surface area contributed by atoms with Gasteiger partial charge >= 0.3 is 0 Å². The molecule has 1 heterocycles. The molecule has 170 valence electrons. The number of aliphatic imine (C=N–C) groups is 1. The average Bonchev–Trinajstić information content (AvgIpc) is 3.32. The van der Waals surface area contributed by atoms with Gasteiger partial charge in [-0.1, -0.05) is 58.4 Å². The molecule has 33 heavy (non-hydrogen) atoms. The number of carbonyl (C=O) groups excluding carboxylic acids is 1. The molecule has 0 radical (unpaired) electrons. The summed E-state index contributed by atoms with van der Waals surface area (Å²) in [5.41, 5.74) is 3.18. The molecule has 0 N–H and O–H groups in total. The predicted octanol–water partition coefficient (Wildman–Crippen LogP) is 5.77. The van der Waals surface area contributed by atoms with Crippen molar-refractivity contribution in [3.63, 3.8) is 0 Å². The van der Waals surface area contributed by atoms with Crippen LogP contribution in [0.1, 0.15) is 35.1 Å². The van der Waals surface area contributed by atoms with Crippen molar-refractivity contribution in [3.8, 4) is 5.75 Å². The average molecular weight is 509 g/mol. The van der Waals surface area contributed by atoms with E-state index in [0.717, 1.165) is 21.3 Å². The predicted molar refractivity (Wildman–Crippen MR) is 132 cm³/mol. The van der Waals surface area contributed by atoms with Gasteiger partial charge in [0, 0.05) is 16.6 Å². The number of amides is 1. The lowest BCUT2D eigenvalue weighted by Gasteiger charge is -2.24. The minimum Gasteiger partial charge on any atom is -0.496 e. The number of amidine groups is 1. The standard InChI is InChI=1S/C27H26BrFN2O2/c1-18(19-7-4-3-5-8-19)27(32)31-16-15-30-26(31)23-9-6-10-24(29)22(23)13-11-20-17-21(28)12-14-25(20)33-2/h3-10,12,14,17-18H,11,13,15-16H2,1-2H3. The Hall–Kier alpha value is -2.99. The number of benzene rings is 3. The first-order valence-corrected chi connectivity index (χ1v) is 11.8. The van der Waals surface area contributed by atoms with E-state index >= 15 is 4.39 Å². The number of aryl methyl sites for hydroxylation is 1. The van der Waals surface area contributed by atoms with Crippen molar-refractivity contribution in [1.29, 1.82) is 0 Å². The molecule has 0 bridgehead atoms. The Labute approximate surface area is 202 Å². The second kappa shape index (κ2) is 10.3. The minimum absolute atomic E-state index is 0.0266. The van der Waals surface area contributed by atoms with Crippen LogP contribution in [0.4, 0.5) is 4.39 Å². The van der Waals surface area contributed by atoms with Crippen LogP contribution in [-0.4, -0.2) is 36.8 Å². The Balaban J connectivity index is 1.61. The maximum atomic E-state index is 15.0. The van der Waals surface area contributed by atoms with Gasteiger partial charge in [0.2, 0.25) is 5.91 Å². The Morgan fingerprint density at radius 3 is 2.67 bits per heavy atom. The van der Waals surface area contributed by atoms with Crippen LogP contribution in [-0.2, 0) is 17.6 Å². The van der Waals surface area contributed by atoms with E-state index < -0.39 is 0 Å². The molecule has 1 amide bonds. The Morgan fingerprint density at radius 2 is 1.91 bits per heavy atom. The molecular weight excluding hydrogens is 483 g/mol. The maximum Gasteiger partial charge on any atom is 0.235 e. The van der Waals surface area contributed by atoms with Crippen LogP contribution in [0.2, 0.25) is 0 Å². The molecule has 1 aliphatic rings. The van der Waals surface area contributed by atoms with E-state index in [-0.39, 0.29) is 17.6 Å². The number of hydrogen-bond donors (Lipinski definition) is 0.